The van der Waals surface area contributed by atoms with Crippen molar-refractivity contribution >= 4 is 38.3 Å². The lowest BCUT2D eigenvalue weighted by molar-refractivity contribution is 0.102. The van der Waals surface area contributed by atoms with Crippen molar-refractivity contribution in [3.63, 3.8) is 0 Å². The summed E-state index contributed by atoms with van der Waals surface area (Å²) in [6, 6.07) is 10.4. The first-order chi connectivity index (χ1) is 10.0. The van der Waals surface area contributed by atoms with E-state index in [2.05, 4.69) is 10.3 Å². The van der Waals surface area contributed by atoms with Crippen molar-refractivity contribution in [3.05, 3.63) is 47.5 Å². The number of nitrogens with zero attached hydrogens (tertiary/aromatic N) is 1. The van der Waals surface area contributed by atoms with Crippen LogP contribution < -0.4 is 11.1 Å². The fourth-order valence-corrected chi connectivity index (χ4v) is 2.81. The average Bonchev–Trinajstić information content (AvgIpc) is 2.82. The molecule has 2 aromatic carbocycles. The number of phenols is 1. The van der Waals surface area contributed by atoms with Crippen LogP contribution in [0, 0.1) is 6.92 Å². The molecule has 1 aromatic heterocycles. The van der Waals surface area contributed by atoms with Gasteiger partial charge in [-0.15, -0.1) is 0 Å². The SMILES string of the molecule is Cc1cccc(NC(=O)c2ccc3nc(N)sc3c2)c1O. The molecule has 0 radical (unpaired) electrons. The number of nitrogens with two attached hydrogens (primary N) is 1. The lowest BCUT2D eigenvalue weighted by Gasteiger charge is -2.09. The van der Waals surface area contributed by atoms with Gasteiger partial charge in [0, 0.05) is 5.56 Å². The molecule has 3 aromatic rings. The molecule has 0 saturated heterocycles. The number of amides is 1. The number of nitrogen functional groups attached to an aromatic ring is 1. The van der Waals surface area contributed by atoms with Crippen LogP contribution in [0.25, 0.3) is 10.2 Å². The van der Waals surface area contributed by atoms with E-state index in [1.165, 1.54) is 11.3 Å². The van der Waals surface area contributed by atoms with Gasteiger partial charge in [-0.1, -0.05) is 23.5 Å². The Morgan fingerprint density at radius 3 is 2.95 bits per heavy atom. The second-order valence-electron chi connectivity index (χ2n) is 4.66. The highest BCUT2D eigenvalue weighted by atomic mass is 32.1. The predicted molar refractivity (Wildman–Crippen MR) is 84.8 cm³/mol. The van der Waals surface area contributed by atoms with Crippen molar-refractivity contribution in [3.8, 4) is 5.75 Å². The fourth-order valence-electron chi connectivity index (χ4n) is 2.04. The van der Waals surface area contributed by atoms with Crippen LogP contribution in [0.15, 0.2) is 36.4 Å². The normalized spacial score (nSPS) is 10.7. The average molecular weight is 299 g/mol. The van der Waals surface area contributed by atoms with Gasteiger partial charge in [0.15, 0.2) is 5.13 Å². The second kappa shape index (κ2) is 5.06. The summed E-state index contributed by atoms with van der Waals surface area (Å²) in [5, 5.41) is 13.1. The number of aromatic hydroxyl groups is 1. The third kappa shape index (κ3) is 2.53. The largest absolute Gasteiger partial charge is 0.505 e. The van der Waals surface area contributed by atoms with E-state index < -0.39 is 0 Å². The molecule has 3 rings (SSSR count). The first-order valence-corrected chi connectivity index (χ1v) is 7.12. The molecule has 0 fully saturated rings. The van der Waals surface area contributed by atoms with Gasteiger partial charge in [-0.25, -0.2) is 4.98 Å². The van der Waals surface area contributed by atoms with Crippen LogP contribution in [0.1, 0.15) is 15.9 Å². The second-order valence-corrected chi connectivity index (χ2v) is 5.72. The Hall–Kier alpha value is -2.60. The Morgan fingerprint density at radius 1 is 1.33 bits per heavy atom. The minimum atomic E-state index is -0.287. The molecule has 0 atom stereocenters. The number of aromatic nitrogens is 1. The first-order valence-electron chi connectivity index (χ1n) is 6.30. The topological polar surface area (TPSA) is 88.2 Å². The molecule has 6 heteroatoms. The number of aryl methyl sites for hydroxylation is 1. The number of hydrogen-bond donors (Lipinski definition) is 3. The van der Waals surface area contributed by atoms with Gasteiger partial charge in [-0.3, -0.25) is 4.79 Å². The molecule has 0 aliphatic rings. The van der Waals surface area contributed by atoms with Crippen molar-refractivity contribution < 1.29 is 9.90 Å². The van der Waals surface area contributed by atoms with Crippen molar-refractivity contribution in [2.24, 2.45) is 0 Å². The minimum Gasteiger partial charge on any atom is -0.505 e. The maximum atomic E-state index is 12.3. The fraction of sp³-hybridized carbons (Fsp3) is 0.0667. The van der Waals surface area contributed by atoms with Crippen LogP contribution in [-0.2, 0) is 0 Å². The van der Waals surface area contributed by atoms with Crippen LogP contribution in [0.3, 0.4) is 0 Å². The van der Waals surface area contributed by atoms with Gasteiger partial charge in [-0.05, 0) is 36.8 Å². The molecule has 106 valence electrons. The monoisotopic (exact) mass is 299 g/mol. The molecule has 1 amide bonds. The number of anilines is 2. The maximum Gasteiger partial charge on any atom is 0.255 e. The number of rotatable bonds is 2. The highest BCUT2D eigenvalue weighted by molar-refractivity contribution is 7.22. The molecule has 0 spiro atoms. The number of fused-ring (bicyclic) bond motifs is 1. The third-order valence-electron chi connectivity index (χ3n) is 3.15. The molecular weight excluding hydrogens is 286 g/mol. The Morgan fingerprint density at radius 2 is 2.14 bits per heavy atom. The summed E-state index contributed by atoms with van der Waals surface area (Å²) in [5.74, 6) is -0.210. The third-order valence-corrected chi connectivity index (χ3v) is 4.00. The Bertz CT molecular complexity index is 842. The molecular formula is C15H13N3O2S. The van der Waals surface area contributed by atoms with E-state index in [0.29, 0.717) is 21.9 Å². The smallest absolute Gasteiger partial charge is 0.255 e. The van der Waals surface area contributed by atoms with E-state index in [0.717, 1.165) is 10.2 Å². The summed E-state index contributed by atoms with van der Waals surface area (Å²) in [6.07, 6.45) is 0. The van der Waals surface area contributed by atoms with Gasteiger partial charge >= 0.3 is 0 Å². The lowest BCUT2D eigenvalue weighted by atomic mass is 10.1. The zero-order valence-electron chi connectivity index (χ0n) is 11.3. The van der Waals surface area contributed by atoms with Gasteiger partial charge in [-0.2, -0.15) is 0 Å². The molecule has 1 heterocycles. The number of nitrogens with one attached hydrogen (secondary N) is 1. The molecule has 4 N–H and O–H groups in total. The number of phenolic OH excluding ortho intramolecular Hbond substituents is 1. The zero-order valence-corrected chi connectivity index (χ0v) is 12.1. The molecule has 0 unspecified atom stereocenters. The van der Waals surface area contributed by atoms with Crippen molar-refractivity contribution in [2.45, 2.75) is 6.92 Å². The number of carbonyl (C=O) groups excluding carboxylic acids is 1. The first kappa shape index (κ1) is 13.4. The van der Waals surface area contributed by atoms with E-state index >= 15 is 0 Å². The van der Waals surface area contributed by atoms with Crippen LogP contribution in [-0.4, -0.2) is 16.0 Å². The van der Waals surface area contributed by atoms with Gasteiger partial charge in [0.1, 0.15) is 5.75 Å². The zero-order chi connectivity index (χ0) is 15.0. The van der Waals surface area contributed by atoms with Gasteiger partial charge in [0.05, 0.1) is 15.9 Å². The number of hydrogen-bond acceptors (Lipinski definition) is 5. The minimum absolute atomic E-state index is 0.0777. The van der Waals surface area contributed by atoms with Crippen LogP contribution in [0.2, 0.25) is 0 Å². The van der Waals surface area contributed by atoms with E-state index in [1.54, 1.807) is 43.3 Å². The Balaban J connectivity index is 1.91. The van der Waals surface area contributed by atoms with Gasteiger partial charge in [0.25, 0.3) is 5.91 Å². The Labute approximate surface area is 125 Å². The summed E-state index contributed by atoms with van der Waals surface area (Å²) in [4.78, 5) is 16.4. The Kier molecular flexibility index (Phi) is 3.23. The molecule has 0 saturated carbocycles. The highest BCUT2D eigenvalue weighted by Crippen LogP contribution is 2.28. The number of para-hydroxylation sites is 1. The maximum absolute atomic E-state index is 12.3. The van der Waals surface area contributed by atoms with E-state index in [-0.39, 0.29) is 11.7 Å². The van der Waals surface area contributed by atoms with Crippen molar-refractivity contribution in [1.82, 2.24) is 4.98 Å². The number of benzene rings is 2. The predicted octanol–water partition coefficient (Wildman–Crippen LogP) is 3.14. The quantitative estimate of drug-likeness (QED) is 0.634. The summed E-state index contributed by atoms with van der Waals surface area (Å²) < 4.78 is 0.855. The van der Waals surface area contributed by atoms with Crippen LogP contribution in [0.4, 0.5) is 10.8 Å². The van der Waals surface area contributed by atoms with Crippen molar-refractivity contribution in [2.75, 3.05) is 11.1 Å². The highest BCUT2D eigenvalue weighted by Gasteiger charge is 2.11. The molecule has 0 bridgehead atoms. The summed E-state index contributed by atoms with van der Waals surface area (Å²) in [7, 11) is 0. The van der Waals surface area contributed by atoms with Crippen LogP contribution in [0.5, 0.6) is 5.75 Å². The summed E-state index contributed by atoms with van der Waals surface area (Å²) >= 11 is 1.33. The van der Waals surface area contributed by atoms with E-state index in [9.17, 15) is 9.90 Å². The molecule has 5 nitrogen and oxygen atoms in total. The van der Waals surface area contributed by atoms with E-state index in [4.69, 9.17) is 5.73 Å². The van der Waals surface area contributed by atoms with Crippen LogP contribution >= 0.6 is 11.3 Å². The summed E-state index contributed by atoms with van der Waals surface area (Å²) in [5.41, 5.74) is 8.01. The lowest BCUT2D eigenvalue weighted by Crippen LogP contribution is -2.11. The number of thiazole rings is 1. The van der Waals surface area contributed by atoms with Crippen molar-refractivity contribution in [1.29, 1.82) is 0 Å². The molecule has 0 aliphatic carbocycles. The molecule has 0 aliphatic heterocycles. The van der Waals surface area contributed by atoms with E-state index in [1.807, 2.05) is 0 Å². The standard InChI is InChI=1S/C15H13N3O2S/c1-8-3-2-4-11(13(8)19)17-14(20)9-5-6-10-12(7-9)21-15(16)18-10/h2-7,19H,1H3,(H2,16,18)(H,17,20). The number of carbonyl (C=O) groups is 1. The molecule has 21 heavy (non-hydrogen) atoms. The van der Waals surface area contributed by atoms with Gasteiger partial charge in [0.2, 0.25) is 0 Å². The summed E-state index contributed by atoms with van der Waals surface area (Å²) in [6.45, 7) is 1.77. The van der Waals surface area contributed by atoms with Gasteiger partial charge < -0.3 is 16.2 Å².